The molecule has 5 nitrogen and oxygen atoms in total. The second-order valence-corrected chi connectivity index (χ2v) is 4.20. The number of hydrogen-bond donors (Lipinski definition) is 1. The Bertz CT molecular complexity index is 680. The van der Waals surface area contributed by atoms with Gasteiger partial charge in [-0.25, -0.2) is 4.79 Å². The minimum Gasteiger partial charge on any atom is -0.487 e. The maximum absolute atomic E-state index is 11.6. The number of amides is 1. The molecule has 21 heavy (non-hydrogen) atoms. The van der Waals surface area contributed by atoms with Crippen LogP contribution in [0.25, 0.3) is 6.08 Å². The number of carbonyl (C=O) groups is 2. The third-order valence-corrected chi connectivity index (χ3v) is 2.75. The Kier molecular flexibility index (Phi) is 4.42. The normalized spacial score (nSPS) is 12.7. The number of rotatable bonds is 3. The zero-order chi connectivity index (χ0) is 15.2. The van der Waals surface area contributed by atoms with Gasteiger partial charge in [-0.1, -0.05) is 5.92 Å². The molecule has 0 spiro atoms. The van der Waals surface area contributed by atoms with E-state index in [4.69, 9.17) is 11.2 Å². The standard InChI is InChI=1S/C16H13NO4/c1-3-11-4-5-12-9-13(10-21-14(12)8-11)17-15(18)6-7-16(19)20-2/h1,4-9H,10H2,2H3,(H,17,18)/b7-6-. The highest BCUT2D eigenvalue weighted by molar-refractivity contribution is 5.95. The van der Waals surface area contributed by atoms with E-state index in [1.807, 2.05) is 6.07 Å². The van der Waals surface area contributed by atoms with E-state index in [0.29, 0.717) is 11.4 Å². The Morgan fingerprint density at radius 3 is 2.95 bits per heavy atom. The molecule has 0 radical (unpaired) electrons. The van der Waals surface area contributed by atoms with Crippen LogP contribution in [0, 0.1) is 12.3 Å². The Hall–Kier alpha value is -3.00. The van der Waals surface area contributed by atoms with Gasteiger partial charge in [-0.05, 0) is 24.3 Å². The van der Waals surface area contributed by atoms with E-state index < -0.39 is 11.9 Å². The fourth-order valence-corrected chi connectivity index (χ4v) is 1.74. The summed E-state index contributed by atoms with van der Waals surface area (Å²) in [5.74, 6) is 2.18. The number of fused-ring (bicyclic) bond motifs is 1. The van der Waals surface area contributed by atoms with Crippen LogP contribution in [0.4, 0.5) is 0 Å². The molecule has 0 atom stereocenters. The maximum Gasteiger partial charge on any atom is 0.330 e. The van der Waals surface area contributed by atoms with E-state index in [-0.39, 0.29) is 6.61 Å². The summed E-state index contributed by atoms with van der Waals surface area (Å²) >= 11 is 0. The van der Waals surface area contributed by atoms with Gasteiger partial charge in [0.15, 0.2) is 0 Å². The molecule has 0 saturated heterocycles. The molecular formula is C16H13NO4. The highest BCUT2D eigenvalue weighted by atomic mass is 16.5. The number of ether oxygens (including phenoxy) is 2. The zero-order valence-electron chi connectivity index (χ0n) is 11.4. The van der Waals surface area contributed by atoms with Crippen LogP contribution < -0.4 is 10.1 Å². The third-order valence-electron chi connectivity index (χ3n) is 2.75. The third kappa shape index (κ3) is 3.74. The van der Waals surface area contributed by atoms with Gasteiger partial charge < -0.3 is 14.8 Å². The topological polar surface area (TPSA) is 64.6 Å². The summed E-state index contributed by atoms with van der Waals surface area (Å²) in [7, 11) is 1.24. The van der Waals surface area contributed by atoms with Crippen molar-refractivity contribution in [3.8, 4) is 18.1 Å². The summed E-state index contributed by atoms with van der Waals surface area (Å²) in [4.78, 5) is 22.5. The van der Waals surface area contributed by atoms with Crippen LogP contribution in [-0.4, -0.2) is 25.6 Å². The first-order chi connectivity index (χ1) is 10.1. The Morgan fingerprint density at radius 2 is 2.24 bits per heavy atom. The lowest BCUT2D eigenvalue weighted by molar-refractivity contribution is -0.135. The van der Waals surface area contributed by atoms with Gasteiger partial charge in [0, 0.05) is 23.3 Å². The molecule has 1 N–H and O–H groups in total. The van der Waals surface area contributed by atoms with Gasteiger partial charge >= 0.3 is 5.97 Å². The number of terminal acetylenes is 1. The number of hydrogen-bond acceptors (Lipinski definition) is 4. The summed E-state index contributed by atoms with van der Waals surface area (Å²) in [6, 6.07) is 5.38. The van der Waals surface area contributed by atoms with Gasteiger partial charge in [0.1, 0.15) is 12.4 Å². The summed E-state index contributed by atoms with van der Waals surface area (Å²) in [5.41, 5.74) is 2.15. The molecule has 0 bridgehead atoms. The average Bonchev–Trinajstić information content (AvgIpc) is 2.52. The summed E-state index contributed by atoms with van der Waals surface area (Å²) < 4.78 is 9.93. The smallest absolute Gasteiger partial charge is 0.330 e. The lowest BCUT2D eigenvalue weighted by Crippen LogP contribution is -2.26. The van der Waals surface area contributed by atoms with Gasteiger partial charge in [-0.2, -0.15) is 0 Å². The minimum atomic E-state index is -0.591. The highest BCUT2D eigenvalue weighted by Gasteiger charge is 2.13. The van der Waals surface area contributed by atoms with Crippen LogP contribution in [0.5, 0.6) is 5.75 Å². The second-order valence-electron chi connectivity index (χ2n) is 4.20. The van der Waals surface area contributed by atoms with Gasteiger partial charge in [-0.3, -0.25) is 4.79 Å². The first-order valence-corrected chi connectivity index (χ1v) is 6.13. The molecule has 1 aromatic rings. The van der Waals surface area contributed by atoms with Crippen molar-refractivity contribution in [1.29, 1.82) is 0 Å². The minimum absolute atomic E-state index is 0.221. The summed E-state index contributed by atoms with van der Waals surface area (Å²) in [5, 5.41) is 2.63. The van der Waals surface area contributed by atoms with Crippen molar-refractivity contribution in [3.63, 3.8) is 0 Å². The molecule has 0 aromatic heterocycles. The zero-order valence-corrected chi connectivity index (χ0v) is 11.4. The number of methoxy groups -OCH3 is 1. The van der Waals surface area contributed by atoms with Gasteiger partial charge in [0.2, 0.25) is 5.91 Å². The van der Waals surface area contributed by atoms with Crippen molar-refractivity contribution >= 4 is 18.0 Å². The van der Waals surface area contributed by atoms with Crippen molar-refractivity contribution < 1.29 is 19.1 Å². The van der Waals surface area contributed by atoms with E-state index in [2.05, 4.69) is 16.0 Å². The Balaban J connectivity index is 2.07. The quantitative estimate of drug-likeness (QED) is 0.515. The fraction of sp³-hybridized carbons (Fsp3) is 0.125. The van der Waals surface area contributed by atoms with E-state index in [0.717, 1.165) is 23.3 Å². The van der Waals surface area contributed by atoms with E-state index in [9.17, 15) is 9.59 Å². The second kappa shape index (κ2) is 6.44. The molecule has 106 valence electrons. The molecule has 1 amide bonds. The monoisotopic (exact) mass is 283 g/mol. The molecule has 1 aliphatic rings. The molecule has 5 heteroatoms. The molecule has 1 heterocycles. The van der Waals surface area contributed by atoms with Gasteiger partial charge in [0.25, 0.3) is 0 Å². The Labute approximate surface area is 122 Å². The molecule has 0 fully saturated rings. The summed E-state index contributed by atoms with van der Waals surface area (Å²) in [6.07, 6.45) is 9.27. The number of carbonyl (C=O) groups excluding carboxylic acids is 2. The fourth-order valence-electron chi connectivity index (χ4n) is 1.74. The first kappa shape index (κ1) is 14.4. The van der Waals surface area contributed by atoms with E-state index in [1.165, 1.54) is 7.11 Å². The van der Waals surface area contributed by atoms with Crippen molar-refractivity contribution in [3.05, 3.63) is 47.2 Å². The van der Waals surface area contributed by atoms with Crippen molar-refractivity contribution in [2.75, 3.05) is 13.7 Å². The predicted octanol–water partition coefficient (Wildman–Crippen LogP) is 1.25. The number of nitrogens with one attached hydrogen (secondary N) is 1. The molecule has 0 saturated carbocycles. The lowest BCUT2D eigenvalue weighted by atomic mass is 10.1. The lowest BCUT2D eigenvalue weighted by Gasteiger charge is -2.18. The van der Waals surface area contributed by atoms with Crippen LogP contribution in [0.3, 0.4) is 0 Å². The number of esters is 1. The van der Waals surface area contributed by atoms with Crippen LogP contribution >= 0.6 is 0 Å². The van der Waals surface area contributed by atoms with Crippen molar-refractivity contribution in [2.45, 2.75) is 0 Å². The molecule has 0 aliphatic carbocycles. The van der Waals surface area contributed by atoms with Crippen LogP contribution in [0.15, 0.2) is 36.0 Å². The molecule has 2 rings (SSSR count). The van der Waals surface area contributed by atoms with Crippen LogP contribution in [0.2, 0.25) is 0 Å². The number of benzene rings is 1. The maximum atomic E-state index is 11.6. The predicted molar refractivity (Wildman–Crippen MR) is 77.1 cm³/mol. The van der Waals surface area contributed by atoms with Gasteiger partial charge in [-0.15, -0.1) is 6.42 Å². The van der Waals surface area contributed by atoms with E-state index in [1.54, 1.807) is 18.2 Å². The molecular weight excluding hydrogens is 270 g/mol. The van der Waals surface area contributed by atoms with Gasteiger partial charge in [0.05, 0.1) is 12.8 Å². The average molecular weight is 283 g/mol. The van der Waals surface area contributed by atoms with Crippen LogP contribution in [-0.2, 0) is 14.3 Å². The van der Waals surface area contributed by atoms with Crippen molar-refractivity contribution in [2.24, 2.45) is 0 Å². The summed E-state index contributed by atoms with van der Waals surface area (Å²) in [6.45, 7) is 0.221. The van der Waals surface area contributed by atoms with Crippen LogP contribution in [0.1, 0.15) is 11.1 Å². The Morgan fingerprint density at radius 1 is 1.43 bits per heavy atom. The highest BCUT2D eigenvalue weighted by Crippen LogP contribution is 2.26. The SMILES string of the molecule is C#Cc1ccc2c(c1)OCC(NC(=O)/C=C\C(=O)OC)=C2. The largest absolute Gasteiger partial charge is 0.487 e. The van der Waals surface area contributed by atoms with Crippen molar-refractivity contribution in [1.82, 2.24) is 5.32 Å². The first-order valence-electron chi connectivity index (χ1n) is 6.13. The molecule has 0 unspecified atom stereocenters. The van der Waals surface area contributed by atoms with E-state index >= 15 is 0 Å². The molecule has 1 aliphatic heterocycles. The molecule has 1 aromatic carbocycles.